The molecular weight excluding hydrogens is 216 g/mol. The van der Waals surface area contributed by atoms with E-state index in [-0.39, 0.29) is 5.91 Å². The number of nitrogens with one attached hydrogen (secondary N) is 2. The van der Waals surface area contributed by atoms with Crippen LogP contribution in [0.4, 0.5) is 11.4 Å². The zero-order valence-corrected chi connectivity index (χ0v) is 9.74. The van der Waals surface area contributed by atoms with E-state index in [0.29, 0.717) is 11.3 Å². The molecule has 17 heavy (non-hydrogen) atoms. The number of aryl methyl sites for hydroxylation is 2. The molecule has 5 nitrogen and oxygen atoms in total. The Labute approximate surface area is 99.0 Å². The van der Waals surface area contributed by atoms with Crippen LogP contribution in [0, 0.1) is 13.8 Å². The van der Waals surface area contributed by atoms with Crippen molar-refractivity contribution in [2.45, 2.75) is 13.8 Å². The highest BCUT2D eigenvalue weighted by Gasteiger charge is 2.11. The lowest BCUT2D eigenvalue weighted by molar-refractivity contribution is 0.102. The molecule has 1 amide bonds. The van der Waals surface area contributed by atoms with Gasteiger partial charge in [0.05, 0.1) is 11.8 Å². The minimum absolute atomic E-state index is 0.177. The summed E-state index contributed by atoms with van der Waals surface area (Å²) in [6.45, 7) is 3.70. The van der Waals surface area contributed by atoms with E-state index in [4.69, 9.17) is 5.73 Å². The second-order valence-corrected chi connectivity index (χ2v) is 3.94. The molecule has 1 heterocycles. The second-order valence-electron chi connectivity index (χ2n) is 3.94. The molecule has 0 unspecified atom stereocenters. The number of carbonyl (C=O) groups excluding carboxylic acids is 1. The first-order chi connectivity index (χ1) is 8.08. The van der Waals surface area contributed by atoms with Crippen LogP contribution in [0.15, 0.2) is 24.4 Å². The van der Waals surface area contributed by atoms with Crippen LogP contribution in [0.3, 0.4) is 0 Å². The SMILES string of the molecule is Cc1cc(N)ccc1NC(=O)c1cn[nH]c1C. The van der Waals surface area contributed by atoms with Crippen LogP contribution >= 0.6 is 0 Å². The van der Waals surface area contributed by atoms with Crippen molar-refractivity contribution in [3.05, 3.63) is 41.2 Å². The third-order valence-corrected chi connectivity index (χ3v) is 2.57. The van der Waals surface area contributed by atoms with Crippen molar-refractivity contribution in [1.82, 2.24) is 10.2 Å². The fourth-order valence-electron chi connectivity index (χ4n) is 1.60. The van der Waals surface area contributed by atoms with E-state index in [9.17, 15) is 4.79 Å². The molecule has 0 saturated heterocycles. The molecule has 0 fully saturated rings. The van der Waals surface area contributed by atoms with Gasteiger partial charge in [0, 0.05) is 17.1 Å². The Morgan fingerprint density at radius 3 is 2.76 bits per heavy atom. The Balaban J connectivity index is 2.22. The van der Waals surface area contributed by atoms with Gasteiger partial charge in [0.1, 0.15) is 0 Å². The molecule has 0 spiro atoms. The molecule has 2 aromatic rings. The third kappa shape index (κ3) is 2.28. The Morgan fingerprint density at radius 1 is 1.41 bits per heavy atom. The number of carbonyl (C=O) groups is 1. The average Bonchev–Trinajstić information content (AvgIpc) is 2.68. The zero-order chi connectivity index (χ0) is 12.4. The summed E-state index contributed by atoms with van der Waals surface area (Å²) in [4.78, 5) is 11.9. The number of aromatic nitrogens is 2. The molecule has 0 aliphatic rings. The van der Waals surface area contributed by atoms with Gasteiger partial charge in [0.2, 0.25) is 0 Å². The zero-order valence-electron chi connectivity index (χ0n) is 9.74. The number of hydrogen-bond acceptors (Lipinski definition) is 3. The maximum absolute atomic E-state index is 11.9. The van der Waals surface area contributed by atoms with Crippen molar-refractivity contribution in [1.29, 1.82) is 0 Å². The number of aromatic amines is 1. The summed E-state index contributed by atoms with van der Waals surface area (Å²) in [6.07, 6.45) is 1.51. The minimum atomic E-state index is -0.177. The number of rotatable bonds is 2. The molecular formula is C12H14N4O. The highest BCUT2D eigenvalue weighted by molar-refractivity contribution is 6.05. The van der Waals surface area contributed by atoms with Crippen molar-refractivity contribution < 1.29 is 4.79 Å². The van der Waals surface area contributed by atoms with Crippen molar-refractivity contribution in [3.63, 3.8) is 0 Å². The summed E-state index contributed by atoms with van der Waals surface area (Å²) in [5.74, 6) is -0.177. The van der Waals surface area contributed by atoms with E-state index in [1.165, 1.54) is 6.20 Å². The minimum Gasteiger partial charge on any atom is -0.399 e. The molecule has 0 aliphatic carbocycles. The number of anilines is 2. The molecule has 0 aliphatic heterocycles. The maximum atomic E-state index is 11.9. The van der Waals surface area contributed by atoms with E-state index in [1.807, 2.05) is 13.0 Å². The van der Waals surface area contributed by atoms with Crippen LogP contribution in [0.5, 0.6) is 0 Å². The van der Waals surface area contributed by atoms with Gasteiger partial charge in [-0.25, -0.2) is 0 Å². The number of benzene rings is 1. The fourth-order valence-corrected chi connectivity index (χ4v) is 1.60. The van der Waals surface area contributed by atoms with Crippen molar-refractivity contribution in [3.8, 4) is 0 Å². The first kappa shape index (κ1) is 11.2. The summed E-state index contributed by atoms with van der Waals surface area (Å²) >= 11 is 0. The van der Waals surface area contributed by atoms with Gasteiger partial charge in [0.15, 0.2) is 0 Å². The van der Waals surface area contributed by atoms with Crippen LogP contribution in [0.2, 0.25) is 0 Å². The summed E-state index contributed by atoms with van der Waals surface area (Å²) in [7, 11) is 0. The number of amides is 1. The van der Waals surface area contributed by atoms with E-state index in [1.54, 1.807) is 19.1 Å². The predicted octanol–water partition coefficient (Wildman–Crippen LogP) is 1.86. The lowest BCUT2D eigenvalue weighted by Crippen LogP contribution is -2.13. The largest absolute Gasteiger partial charge is 0.399 e. The molecule has 1 aromatic carbocycles. The topological polar surface area (TPSA) is 83.8 Å². The van der Waals surface area contributed by atoms with Gasteiger partial charge in [-0.3, -0.25) is 9.89 Å². The molecule has 5 heteroatoms. The van der Waals surface area contributed by atoms with Gasteiger partial charge in [0.25, 0.3) is 5.91 Å². The van der Waals surface area contributed by atoms with E-state index >= 15 is 0 Å². The first-order valence-corrected chi connectivity index (χ1v) is 5.25. The highest BCUT2D eigenvalue weighted by atomic mass is 16.1. The van der Waals surface area contributed by atoms with Crippen molar-refractivity contribution in [2.75, 3.05) is 11.1 Å². The van der Waals surface area contributed by atoms with Gasteiger partial charge >= 0.3 is 0 Å². The number of H-pyrrole nitrogens is 1. The summed E-state index contributed by atoms with van der Waals surface area (Å²) in [5, 5.41) is 9.37. The summed E-state index contributed by atoms with van der Waals surface area (Å²) in [6, 6.07) is 5.36. The molecule has 88 valence electrons. The predicted molar refractivity (Wildman–Crippen MR) is 66.9 cm³/mol. The van der Waals surface area contributed by atoms with Crippen LogP contribution in [0.1, 0.15) is 21.6 Å². The Morgan fingerprint density at radius 2 is 2.18 bits per heavy atom. The fraction of sp³-hybridized carbons (Fsp3) is 0.167. The van der Waals surface area contributed by atoms with Gasteiger partial charge in [-0.2, -0.15) is 5.10 Å². The Hall–Kier alpha value is -2.30. The average molecular weight is 230 g/mol. The molecule has 0 saturated carbocycles. The smallest absolute Gasteiger partial charge is 0.259 e. The van der Waals surface area contributed by atoms with E-state index < -0.39 is 0 Å². The van der Waals surface area contributed by atoms with Crippen LogP contribution in [0.25, 0.3) is 0 Å². The third-order valence-electron chi connectivity index (χ3n) is 2.57. The van der Waals surface area contributed by atoms with Gasteiger partial charge < -0.3 is 11.1 Å². The Kier molecular flexibility index (Phi) is 2.82. The number of nitrogen functional groups attached to an aromatic ring is 1. The monoisotopic (exact) mass is 230 g/mol. The number of nitrogens with zero attached hydrogens (tertiary/aromatic N) is 1. The number of nitrogens with two attached hydrogens (primary N) is 1. The first-order valence-electron chi connectivity index (χ1n) is 5.25. The summed E-state index contributed by atoms with van der Waals surface area (Å²) in [5.41, 5.74) is 9.30. The van der Waals surface area contributed by atoms with E-state index in [2.05, 4.69) is 15.5 Å². The molecule has 0 radical (unpaired) electrons. The standard InChI is InChI=1S/C12H14N4O/c1-7-5-9(13)3-4-11(7)15-12(17)10-6-14-16-8(10)2/h3-6H,13H2,1-2H3,(H,14,16)(H,15,17). The lowest BCUT2D eigenvalue weighted by Gasteiger charge is -2.08. The summed E-state index contributed by atoms with van der Waals surface area (Å²) < 4.78 is 0. The van der Waals surface area contributed by atoms with Crippen LogP contribution < -0.4 is 11.1 Å². The van der Waals surface area contributed by atoms with Gasteiger partial charge in [-0.1, -0.05) is 0 Å². The highest BCUT2D eigenvalue weighted by Crippen LogP contribution is 2.18. The van der Waals surface area contributed by atoms with Crippen LogP contribution in [-0.4, -0.2) is 16.1 Å². The lowest BCUT2D eigenvalue weighted by atomic mass is 10.1. The molecule has 1 aromatic heterocycles. The molecule has 4 N–H and O–H groups in total. The normalized spacial score (nSPS) is 10.2. The number of hydrogen-bond donors (Lipinski definition) is 3. The maximum Gasteiger partial charge on any atom is 0.259 e. The molecule has 2 rings (SSSR count). The van der Waals surface area contributed by atoms with Crippen molar-refractivity contribution >= 4 is 17.3 Å². The van der Waals surface area contributed by atoms with Crippen molar-refractivity contribution in [2.24, 2.45) is 0 Å². The molecule has 0 atom stereocenters. The van der Waals surface area contributed by atoms with Crippen LogP contribution in [-0.2, 0) is 0 Å². The second kappa shape index (κ2) is 4.29. The van der Waals surface area contributed by atoms with E-state index in [0.717, 1.165) is 16.9 Å². The molecule has 0 bridgehead atoms. The van der Waals surface area contributed by atoms with Gasteiger partial charge in [-0.15, -0.1) is 0 Å². The Bertz CT molecular complexity index is 559. The quantitative estimate of drug-likeness (QED) is 0.688. The van der Waals surface area contributed by atoms with Gasteiger partial charge in [-0.05, 0) is 37.6 Å².